The molecule has 112 valence electrons. The summed E-state index contributed by atoms with van der Waals surface area (Å²) in [5.41, 5.74) is 4.48. The predicted molar refractivity (Wildman–Crippen MR) is 84.5 cm³/mol. The minimum absolute atomic E-state index is 0.0124. The molecule has 1 aromatic carbocycles. The van der Waals surface area contributed by atoms with Crippen LogP contribution >= 0.6 is 0 Å². The van der Waals surface area contributed by atoms with Gasteiger partial charge in [0.2, 0.25) is 5.88 Å². The van der Waals surface area contributed by atoms with Crippen molar-refractivity contribution in [3.63, 3.8) is 0 Å². The third-order valence-corrected chi connectivity index (χ3v) is 3.25. The van der Waals surface area contributed by atoms with Crippen molar-refractivity contribution in [2.24, 2.45) is 5.84 Å². The van der Waals surface area contributed by atoms with Crippen molar-refractivity contribution < 1.29 is 4.74 Å². The van der Waals surface area contributed by atoms with Gasteiger partial charge in [0, 0.05) is 5.56 Å². The average Bonchev–Trinajstić information content (AvgIpc) is 2.42. The molecular formula is C16H22N4O. The Hall–Kier alpha value is -2.14. The minimum Gasteiger partial charge on any atom is -0.438 e. The third-order valence-electron chi connectivity index (χ3n) is 3.25. The van der Waals surface area contributed by atoms with Crippen LogP contribution < -0.4 is 16.0 Å². The molecule has 1 heterocycles. The van der Waals surface area contributed by atoms with E-state index < -0.39 is 0 Å². The van der Waals surface area contributed by atoms with E-state index in [1.165, 1.54) is 0 Å². The van der Waals surface area contributed by atoms with Crippen molar-refractivity contribution in [2.75, 3.05) is 5.43 Å². The van der Waals surface area contributed by atoms with E-state index in [-0.39, 0.29) is 5.41 Å². The summed E-state index contributed by atoms with van der Waals surface area (Å²) >= 11 is 0. The van der Waals surface area contributed by atoms with Crippen LogP contribution in [0.5, 0.6) is 11.6 Å². The number of benzene rings is 1. The SMILES string of the molecule is Cc1nc(NN)c(C)c(Oc2ccccc2C(C)(C)C)n1. The Morgan fingerprint density at radius 1 is 1.10 bits per heavy atom. The lowest BCUT2D eigenvalue weighted by atomic mass is 9.86. The predicted octanol–water partition coefficient (Wildman–Crippen LogP) is 3.47. The lowest BCUT2D eigenvalue weighted by Gasteiger charge is -2.22. The topological polar surface area (TPSA) is 73.1 Å². The van der Waals surface area contributed by atoms with Crippen LogP contribution in [0.15, 0.2) is 24.3 Å². The van der Waals surface area contributed by atoms with Crippen molar-refractivity contribution in [2.45, 2.75) is 40.0 Å². The third kappa shape index (κ3) is 3.31. The van der Waals surface area contributed by atoms with Crippen molar-refractivity contribution in [1.82, 2.24) is 9.97 Å². The van der Waals surface area contributed by atoms with Crippen molar-refractivity contribution >= 4 is 5.82 Å². The summed E-state index contributed by atoms with van der Waals surface area (Å²) in [7, 11) is 0. The van der Waals surface area contributed by atoms with E-state index in [1.54, 1.807) is 0 Å². The van der Waals surface area contributed by atoms with Gasteiger partial charge >= 0.3 is 0 Å². The van der Waals surface area contributed by atoms with Crippen LogP contribution in [0, 0.1) is 13.8 Å². The van der Waals surface area contributed by atoms with Gasteiger partial charge in [0.25, 0.3) is 0 Å². The van der Waals surface area contributed by atoms with Crippen molar-refractivity contribution in [3.8, 4) is 11.6 Å². The maximum absolute atomic E-state index is 6.04. The van der Waals surface area contributed by atoms with E-state index in [4.69, 9.17) is 10.6 Å². The van der Waals surface area contributed by atoms with Crippen LogP contribution in [-0.4, -0.2) is 9.97 Å². The van der Waals surface area contributed by atoms with Gasteiger partial charge in [0.15, 0.2) is 0 Å². The fraction of sp³-hybridized carbons (Fsp3) is 0.375. The summed E-state index contributed by atoms with van der Waals surface area (Å²) in [5.74, 6) is 7.99. The fourth-order valence-electron chi connectivity index (χ4n) is 2.12. The normalized spacial score (nSPS) is 11.3. The van der Waals surface area contributed by atoms with Crippen LogP contribution in [0.2, 0.25) is 0 Å². The van der Waals surface area contributed by atoms with Gasteiger partial charge < -0.3 is 10.2 Å². The molecule has 5 nitrogen and oxygen atoms in total. The summed E-state index contributed by atoms with van der Waals surface area (Å²) in [5, 5.41) is 0. The maximum atomic E-state index is 6.04. The van der Waals surface area contributed by atoms with Crippen LogP contribution in [0.4, 0.5) is 5.82 Å². The van der Waals surface area contributed by atoms with E-state index in [2.05, 4.69) is 42.2 Å². The molecule has 0 bridgehead atoms. The molecule has 0 radical (unpaired) electrons. The molecular weight excluding hydrogens is 264 g/mol. The minimum atomic E-state index is -0.0124. The molecule has 0 spiro atoms. The number of ether oxygens (including phenoxy) is 1. The Morgan fingerprint density at radius 3 is 2.38 bits per heavy atom. The number of aromatic nitrogens is 2. The number of nitrogens with zero attached hydrogens (tertiary/aromatic N) is 2. The highest BCUT2D eigenvalue weighted by Crippen LogP contribution is 2.35. The average molecular weight is 286 g/mol. The Kier molecular flexibility index (Phi) is 4.14. The molecule has 5 heteroatoms. The number of para-hydroxylation sites is 1. The summed E-state index contributed by atoms with van der Waals surface area (Å²) < 4.78 is 6.04. The zero-order valence-electron chi connectivity index (χ0n) is 13.2. The monoisotopic (exact) mass is 286 g/mol. The molecule has 2 rings (SSSR count). The Labute approximate surface area is 125 Å². The number of hydrogen-bond donors (Lipinski definition) is 2. The van der Waals surface area contributed by atoms with Crippen LogP contribution in [0.1, 0.15) is 37.7 Å². The number of rotatable bonds is 3. The zero-order chi connectivity index (χ0) is 15.6. The summed E-state index contributed by atoms with van der Waals surface area (Å²) in [4.78, 5) is 8.61. The number of hydrogen-bond acceptors (Lipinski definition) is 5. The van der Waals surface area contributed by atoms with Crippen molar-refractivity contribution in [3.05, 3.63) is 41.2 Å². The highest BCUT2D eigenvalue weighted by atomic mass is 16.5. The molecule has 0 saturated heterocycles. The lowest BCUT2D eigenvalue weighted by Crippen LogP contribution is -2.14. The van der Waals surface area contributed by atoms with Gasteiger partial charge in [-0.25, -0.2) is 10.8 Å². The first-order valence-electron chi connectivity index (χ1n) is 6.92. The Morgan fingerprint density at radius 2 is 1.76 bits per heavy atom. The van der Waals surface area contributed by atoms with Crippen LogP contribution in [-0.2, 0) is 5.41 Å². The Bertz CT molecular complexity index is 647. The number of aryl methyl sites for hydroxylation is 1. The molecule has 0 unspecified atom stereocenters. The van der Waals surface area contributed by atoms with Gasteiger partial charge in [0.05, 0.1) is 5.56 Å². The van der Waals surface area contributed by atoms with Gasteiger partial charge in [-0.2, -0.15) is 4.98 Å². The number of anilines is 1. The van der Waals surface area contributed by atoms with E-state index >= 15 is 0 Å². The molecule has 1 aromatic heterocycles. The molecule has 0 fully saturated rings. The van der Waals surface area contributed by atoms with Gasteiger partial charge in [-0.15, -0.1) is 0 Å². The maximum Gasteiger partial charge on any atom is 0.227 e. The molecule has 0 atom stereocenters. The fourth-order valence-corrected chi connectivity index (χ4v) is 2.12. The summed E-state index contributed by atoms with van der Waals surface area (Å²) in [6, 6.07) is 7.99. The molecule has 3 N–H and O–H groups in total. The van der Waals surface area contributed by atoms with E-state index in [0.29, 0.717) is 17.5 Å². The molecule has 2 aromatic rings. The van der Waals surface area contributed by atoms with E-state index in [9.17, 15) is 0 Å². The highest BCUT2D eigenvalue weighted by Gasteiger charge is 2.20. The van der Waals surface area contributed by atoms with Crippen LogP contribution in [0.3, 0.4) is 0 Å². The standard InChI is InChI=1S/C16H22N4O/c1-10-14(20-17)18-11(2)19-15(10)21-13-9-7-6-8-12(13)16(3,4)5/h6-9H,17H2,1-5H3,(H,18,19,20). The Balaban J connectivity index is 2.47. The number of hydrazine groups is 1. The first-order chi connectivity index (χ1) is 9.82. The van der Waals surface area contributed by atoms with E-state index in [1.807, 2.05) is 32.0 Å². The summed E-state index contributed by atoms with van der Waals surface area (Å²) in [6.45, 7) is 10.1. The first kappa shape index (κ1) is 15.3. The van der Waals surface area contributed by atoms with Crippen molar-refractivity contribution in [1.29, 1.82) is 0 Å². The smallest absolute Gasteiger partial charge is 0.227 e. The van der Waals surface area contributed by atoms with Gasteiger partial charge in [-0.3, -0.25) is 0 Å². The lowest BCUT2D eigenvalue weighted by molar-refractivity contribution is 0.434. The molecule has 0 aliphatic heterocycles. The first-order valence-corrected chi connectivity index (χ1v) is 6.92. The number of nitrogens with two attached hydrogens (primary N) is 1. The second-order valence-electron chi connectivity index (χ2n) is 6.04. The largest absolute Gasteiger partial charge is 0.438 e. The molecule has 21 heavy (non-hydrogen) atoms. The zero-order valence-corrected chi connectivity index (χ0v) is 13.2. The second-order valence-corrected chi connectivity index (χ2v) is 6.04. The molecule has 0 amide bonds. The highest BCUT2D eigenvalue weighted by molar-refractivity contribution is 5.50. The number of nitrogen functional groups attached to an aromatic ring is 1. The summed E-state index contributed by atoms with van der Waals surface area (Å²) in [6.07, 6.45) is 0. The molecule has 0 saturated carbocycles. The molecule has 0 aliphatic rings. The van der Waals surface area contributed by atoms with Gasteiger partial charge in [-0.05, 0) is 25.3 Å². The van der Waals surface area contributed by atoms with Crippen LogP contribution in [0.25, 0.3) is 0 Å². The second kappa shape index (κ2) is 5.69. The van der Waals surface area contributed by atoms with Gasteiger partial charge in [-0.1, -0.05) is 39.0 Å². The number of nitrogens with one attached hydrogen (secondary N) is 1. The quantitative estimate of drug-likeness (QED) is 0.667. The molecule has 0 aliphatic carbocycles. The van der Waals surface area contributed by atoms with E-state index in [0.717, 1.165) is 16.9 Å². The van der Waals surface area contributed by atoms with Gasteiger partial charge in [0.1, 0.15) is 17.4 Å².